The highest BCUT2D eigenvalue weighted by Crippen LogP contribution is 2.39. The molecular formula is C21H21ClN4O4S. The first-order chi connectivity index (χ1) is 14.8. The van der Waals surface area contributed by atoms with Crippen molar-refractivity contribution in [2.75, 3.05) is 11.9 Å². The molecule has 5 amide bonds. The molecule has 1 aliphatic heterocycles. The number of thiophene rings is 1. The predicted molar refractivity (Wildman–Crippen MR) is 117 cm³/mol. The molecule has 1 saturated heterocycles. The number of primary amides is 1. The number of urea groups is 1. The molecule has 2 aromatic rings. The maximum Gasteiger partial charge on any atom is 0.325 e. The van der Waals surface area contributed by atoms with E-state index in [-0.39, 0.29) is 0 Å². The van der Waals surface area contributed by atoms with E-state index in [2.05, 4.69) is 10.6 Å². The third-order valence-electron chi connectivity index (χ3n) is 5.77. The van der Waals surface area contributed by atoms with Gasteiger partial charge in [-0.3, -0.25) is 19.3 Å². The van der Waals surface area contributed by atoms with Crippen molar-refractivity contribution in [3.8, 4) is 0 Å². The van der Waals surface area contributed by atoms with Crippen LogP contribution < -0.4 is 16.4 Å². The Bertz CT molecular complexity index is 1100. The lowest BCUT2D eigenvalue weighted by Crippen LogP contribution is -2.44. The Balaban J connectivity index is 1.54. The molecule has 1 aromatic heterocycles. The second kappa shape index (κ2) is 7.97. The van der Waals surface area contributed by atoms with Gasteiger partial charge in [-0.2, -0.15) is 0 Å². The number of anilines is 1. The van der Waals surface area contributed by atoms with E-state index in [1.807, 2.05) is 0 Å². The van der Waals surface area contributed by atoms with Gasteiger partial charge in [0.2, 0.25) is 5.91 Å². The second-order valence-corrected chi connectivity index (χ2v) is 9.10. The summed E-state index contributed by atoms with van der Waals surface area (Å²) in [6, 6.07) is 6.00. The van der Waals surface area contributed by atoms with Gasteiger partial charge in [0, 0.05) is 9.90 Å². The molecule has 0 bridgehead atoms. The van der Waals surface area contributed by atoms with E-state index >= 15 is 0 Å². The number of nitrogens with two attached hydrogens (primary N) is 1. The van der Waals surface area contributed by atoms with E-state index < -0.39 is 35.8 Å². The number of halogens is 1. The maximum absolute atomic E-state index is 13.2. The number of carbonyl (C=O) groups excluding carboxylic acids is 4. The zero-order valence-corrected chi connectivity index (χ0v) is 18.4. The number of nitrogens with one attached hydrogen (secondary N) is 2. The Labute approximate surface area is 187 Å². The van der Waals surface area contributed by atoms with Gasteiger partial charge < -0.3 is 16.4 Å². The van der Waals surface area contributed by atoms with Crippen LogP contribution in [-0.4, -0.2) is 35.2 Å². The van der Waals surface area contributed by atoms with E-state index in [9.17, 15) is 19.2 Å². The van der Waals surface area contributed by atoms with Gasteiger partial charge in [0.25, 0.3) is 11.8 Å². The van der Waals surface area contributed by atoms with Crippen molar-refractivity contribution < 1.29 is 19.2 Å². The van der Waals surface area contributed by atoms with E-state index in [4.69, 9.17) is 17.3 Å². The third-order valence-corrected chi connectivity index (χ3v) is 7.22. The van der Waals surface area contributed by atoms with Gasteiger partial charge in [0.05, 0.1) is 5.56 Å². The van der Waals surface area contributed by atoms with E-state index in [0.29, 0.717) is 27.6 Å². The zero-order chi connectivity index (χ0) is 22.3. The van der Waals surface area contributed by atoms with Crippen LogP contribution in [0.4, 0.5) is 9.80 Å². The summed E-state index contributed by atoms with van der Waals surface area (Å²) in [5, 5.41) is 6.27. The lowest BCUT2D eigenvalue weighted by Gasteiger charge is -2.25. The number of aryl methyl sites for hydroxylation is 1. The normalized spacial score (nSPS) is 20.0. The van der Waals surface area contributed by atoms with Gasteiger partial charge in [-0.05, 0) is 48.9 Å². The fraction of sp³-hybridized carbons (Fsp3) is 0.333. The summed E-state index contributed by atoms with van der Waals surface area (Å²) in [5.41, 5.74) is 6.06. The summed E-state index contributed by atoms with van der Waals surface area (Å²) in [4.78, 5) is 52.3. The molecular weight excluding hydrogens is 440 g/mol. The highest BCUT2D eigenvalue weighted by atomic mass is 35.5. The van der Waals surface area contributed by atoms with E-state index in [0.717, 1.165) is 34.6 Å². The Morgan fingerprint density at radius 2 is 1.97 bits per heavy atom. The van der Waals surface area contributed by atoms with Crippen molar-refractivity contribution >= 4 is 51.7 Å². The van der Waals surface area contributed by atoms with Crippen LogP contribution in [0.2, 0.25) is 5.02 Å². The van der Waals surface area contributed by atoms with Crippen LogP contribution >= 0.6 is 22.9 Å². The SMILES string of the molecule is CC[C@@]1(c2ccc(Cl)cc2)NC(=O)N(CC(=O)Nc2sc3c(c2C(N)=O)CCC3)C1=O. The van der Waals surface area contributed by atoms with Crippen LogP contribution in [0.25, 0.3) is 0 Å². The fourth-order valence-corrected chi connectivity index (χ4v) is 5.64. The molecule has 10 heteroatoms. The molecule has 1 atom stereocenters. The van der Waals surface area contributed by atoms with Crippen LogP contribution in [-0.2, 0) is 28.0 Å². The average Bonchev–Trinajstić information content (AvgIpc) is 3.36. The Hall–Kier alpha value is -2.91. The minimum absolute atomic E-state index is 0.306. The summed E-state index contributed by atoms with van der Waals surface area (Å²) < 4.78 is 0. The highest BCUT2D eigenvalue weighted by molar-refractivity contribution is 7.17. The summed E-state index contributed by atoms with van der Waals surface area (Å²) in [6.07, 6.45) is 2.83. The maximum atomic E-state index is 13.2. The lowest BCUT2D eigenvalue weighted by molar-refractivity contribution is -0.134. The molecule has 0 radical (unpaired) electrons. The molecule has 4 N–H and O–H groups in total. The van der Waals surface area contributed by atoms with Crippen molar-refractivity contribution in [1.82, 2.24) is 10.2 Å². The molecule has 2 aliphatic rings. The number of benzene rings is 1. The van der Waals surface area contributed by atoms with Crippen LogP contribution in [0.5, 0.6) is 0 Å². The number of hydrogen-bond donors (Lipinski definition) is 3. The second-order valence-electron chi connectivity index (χ2n) is 7.56. The number of nitrogens with zero attached hydrogens (tertiary/aromatic N) is 1. The van der Waals surface area contributed by atoms with Crippen LogP contribution in [0.3, 0.4) is 0 Å². The Kier molecular flexibility index (Phi) is 5.49. The number of fused-ring (bicyclic) bond motifs is 1. The van der Waals surface area contributed by atoms with Gasteiger partial charge in [0.15, 0.2) is 0 Å². The Morgan fingerprint density at radius 3 is 2.61 bits per heavy atom. The van der Waals surface area contributed by atoms with Crippen molar-refractivity contribution in [3.05, 3.63) is 50.9 Å². The molecule has 2 heterocycles. The molecule has 0 spiro atoms. The van der Waals surface area contributed by atoms with Crippen molar-refractivity contribution in [1.29, 1.82) is 0 Å². The first kappa shape index (κ1) is 21.3. The largest absolute Gasteiger partial charge is 0.365 e. The van der Waals surface area contributed by atoms with Crippen molar-refractivity contribution in [2.45, 2.75) is 38.1 Å². The Morgan fingerprint density at radius 1 is 1.26 bits per heavy atom. The molecule has 0 unspecified atom stereocenters. The molecule has 1 aromatic carbocycles. The molecule has 8 nitrogen and oxygen atoms in total. The molecule has 1 aliphatic carbocycles. The number of rotatable bonds is 6. The van der Waals surface area contributed by atoms with Crippen LogP contribution in [0, 0.1) is 0 Å². The molecule has 4 rings (SSSR count). The third kappa shape index (κ3) is 3.57. The monoisotopic (exact) mass is 460 g/mol. The number of carbonyl (C=O) groups is 4. The minimum Gasteiger partial charge on any atom is -0.365 e. The molecule has 0 saturated carbocycles. The summed E-state index contributed by atoms with van der Waals surface area (Å²) in [7, 11) is 0. The van der Waals surface area contributed by atoms with Crippen LogP contribution in [0.15, 0.2) is 24.3 Å². The van der Waals surface area contributed by atoms with Gasteiger partial charge in [0.1, 0.15) is 17.1 Å². The number of imide groups is 1. The van der Waals surface area contributed by atoms with E-state index in [1.165, 1.54) is 11.3 Å². The lowest BCUT2D eigenvalue weighted by atomic mass is 9.87. The quantitative estimate of drug-likeness (QED) is 0.573. The summed E-state index contributed by atoms with van der Waals surface area (Å²) in [6.45, 7) is 1.31. The molecule has 31 heavy (non-hydrogen) atoms. The van der Waals surface area contributed by atoms with Gasteiger partial charge in [-0.1, -0.05) is 30.7 Å². The van der Waals surface area contributed by atoms with Gasteiger partial charge in [-0.25, -0.2) is 4.79 Å². The topological polar surface area (TPSA) is 122 Å². The first-order valence-corrected chi connectivity index (χ1v) is 11.1. The van der Waals surface area contributed by atoms with Crippen LogP contribution in [0.1, 0.15) is 46.1 Å². The van der Waals surface area contributed by atoms with Gasteiger partial charge >= 0.3 is 6.03 Å². The van der Waals surface area contributed by atoms with E-state index in [1.54, 1.807) is 31.2 Å². The highest BCUT2D eigenvalue weighted by Gasteiger charge is 2.51. The summed E-state index contributed by atoms with van der Waals surface area (Å²) in [5.74, 6) is -1.69. The zero-order valence-electron chi connectivity index (χ0n) is 16.8. The fourth-order valence-electron chi connectivity index (χ4n) is 4.21. The number of hydrogen-bond acceptors (Lipinski definition) is 5. The smallest absolute Gasteiger partial charge is 0.325 e. The number of amides is 5. The molecule has 162 valence electrons. The average molecular weight is 461 g/mol. The first-order valence-electron chi connectivity index (χ1n) is 9.91. The van der Waals surface area contributed by atoms with Gasteiger partial charge in [-0.15, -0.1) is 11.3 Å². The minimum atomic E-state index is -1.26. The molecule has 1 fully saturated rings. The van der Waals surface area contributed by atoms with Crippen molar-refractivity contribution in [3.63, 3.8) is 0 Å². The summed E-state index contributed by atoms with van der Waals surface area (Å²) >= 11 is 7.26. The predicted octanol–water partition coefficient (Wildman–Crippen LogP) is 2.78. The van der Waals surface area contributed by atoms with Crippen molar-refractivity contribution in [2.24, 2.45) is 5.73 Å². The standard InChI is InChI=1S/C21H21ClN4O4S/c1-2-21(11-6-8-12(22)9-7-11)19(29)26(20(30)25-21)10-15(27)24-18-16(17(23)28)13-4-3-5-14(13)31-18/h6-9H,2-5,10H2,1H3,(H2,23,28)(H,24,27)(H,25,30)/t21-/m0/s1.